The first-order chi connectivity index (χ1) is 7.32. The zero-order chi connectivity index (χ0) is 12.0. The van der Waals surface area contributed by atoms with E-state index in [4.69, 9.17) is 9.31 Å². The third kappa shape index (κ3) is 1.97. The van der Waals surface area contributed by atoms with Gasteiger partial charge in [0.2, 0.25) is 0 Å². The molecule has 4 heteroatoms. The maximum Gasteiger partial charge on any atom is 0.494 e. The molecule has 0 amide bonds. The maximum absolute atomic E-state index is 5.96. The molecule has 0 unspecified atom stereocenters. The second-order valence-corrected chi connectivity index (χ2v) is 5.79. The molecule has 2 nitrogen and oxygen atoms in total. The average molecular weight is 231 g/mol. The predicted molar refractivity (Wildman–Crippen MR) is 67.5 cm³/mol. The van der Waals surface area contributed by atoms with E-state index in [9.17, 15) is 0 Å². The second kappa shape index (κ2) is 3.72. The molecule has 1 aromatic carbocycles. The van der Waals surface area contributed by atoms with Crippen LogP contribution in [0.5, 0.6) is 0 Å². The van der Waals surface area contributed by atoms with Crippen LogP contribution >= 0.6 is 0 Å². The second-order valence-electron chi connectivity index (χ2n) is 5.21. The van der Waals surface area contributed by atoms with Gasteiger partial charge in [-0.1, -0.05) is 29.5 Å². The van der Waals surface area contributed by atoms with Crippen LogP contribution in [0.2, 0.25) is 0 Å². The molecule has 0 saturated carbocycles. The van der Waals surface area contributed by atoms with Crippen molar-refractivity contribution in [3.63, 3.8) is 0 Å². The van der Waals surface area contributed by atoms with Gasteiger partial charge in [-0.15, -0.1) is 0 Å². The molecule has 0 atom stereocenters. The van der Waals surface area contributed by atoms with Gasteiger partial charge in [0, 0.05) is 0 Å². The average Bonchev–Trinajstić information content (AvgIpc) is 2.36. The standard InChI is InChI=1S/C12H16BO2Si/c1-11(2)12(3,4)15-13(14-11)9-6-5-7-10(16)8-9/h5-8H,1-4H3. The van der Waals surface area contributed by atoms with Crippen LogP contribution in [-0.2, 0) is 9.31 Å². The van der Waals surface area contributed by atoms with Crippen LogP contribution in [-0.4, -0.2) is 28.6 Å². The highest BCUT2D eigenvalue weighted by molar-refractivity contribution is 6.62. The van der Waals surface area contributed by atoms with Crippen LogP contribution in [0.3, 0.4) is 0 Å². The highest BCUT2D eigenvalue weighted by Crippen LogP contribution is 2.36. The summed E-state index contributed by atoms with van der Waals surface area (Å²) in [6.45, 7) is 8.24. The van der Waals surface area contributed by atoms with E-state index in [1.807, 2.05) is 24.3 Å². The van der Waals surface area contributed by atoms with Crippen LogP contribution in [0.1, 0.15) is 27.7 Å². The first kappa shape index (κ1) is 11.9. The van der Waals surface area contributed by atoms with Crippen molar-refractivity contribution in [2.45, 2.75) is 38.9 Å². The number of hydrogen-bond acceptors (Lipinski definition) is 2. The molecule has 1 saturated heterocycles. The molecule has 83 valence electrons. The third-order valence-electron chi connectivity index (χ3n) is 3.41. The summed E-state index contributed by atoms with van der Waals surface area (Å²) in [6.07, 6.45) is 0. The van der Waals surface area contributed by atoms with Gasteiger partial charge in [-0.25, -0.2) is 0 Å². The number of benzene rings is 1. The summed E-state index contributed by atoms with van der Waals surface area (Å²) in [7, 11) is 3.23. The highest BCUT2D eigenvalue weighted by Gasteiger charge is 2.51. The van der Waals surface area contributed by atoms with E-state index in [-0.39, 0.29) is 18.3 Å². The first-order valence-electron chi connectivity index (χ1n) is 5.49. The van der Waals surface area contributed by atoms with Gasteiger partial charge in [-0.2, -0.15) is 0 Å². The van der Waals surface area contributed by atoms with Gasteiger partial charge in [-0.05, 0) is 33.2 Å². The minimum absolute atomic E-state index is 0.277. The Labute approximate surface area is 101 Å². The van der Waals surface area contributed by atoms with Crippen LogP contribution < -0.4 is 10.6 Å². The summed E-state index contributed by atoms with van der Waals surface area (Å²) < 4.78 is 11.9. The summed E-state index contributed by atoms with van der Waals surface area (Å²) in [6, 6.07) is 8.03. The van der Waals surface area contributed by atoms with Crippen molar-refractivity contribution in [2.75, 3.05) is 0 Å². The minimum atomic E-state index is -0.278. The van der Waals surface area contributed by atoms with Gasteiger partial charge in [-0.3, -0.25) is 0 Å². The molecule has 16 heavy (non-hydrogen) atoms. The molecule has 1 aromatic rings. The SMILES string of the molecule is CC1(C)OB(c2cccc([Si])c2)OC1(C)C. The van der Waals surface area contributed by atoms with E-state index < -0.39 is 0 Å². The molecule has 1 heterocycles. The van der Waals surface area contributed by atoms with Gasteiger partial charge < -0.3 is 9.31 Å². The Bertz CT molecular complexity index is 388. The van der Waals surface area contributed by atoms with Crippen molar-refractivity contribution in [1.29, 1.82) is 0 Å². The largest absolute Gasteiger partial charge is 0.494 e. The lowest BCUT2D eigenvalue weighted by Gasteiger charge is -2.32. The van der Waals surface area contributed by atoms with Gasteiger partial charge in [0.1, 0.15) is 0 Å². The minimum Gasteiger partial charge on any atom is -0.399 e. The van der Waals surface area contributed by atoms with Crippen molar-refractivity contribution >= 4 is 28.0 Å². The number of rotatable bonds is 1. The summed E-state index contributed by atoms with van der Waals surface area (Å²) in [5.41, 5.74) is 0.491. The molecule has 1 aliphatic heterocycles. The molecule has 0 spiro atoms. The van der Waals surface area contributed by atoms with Gasteiger partial charge in [0.25, 0.3) is 0 Å². The van der Waals surface area contributed by atoms with Crippen molar-refractivity contribution in [2.24, 2.45) is 0 Å². The topological polar surface area (TPSA) is 18.5 Å². The lowest BCUT2D eigenvalue weighted by molar-refractivity contribution is 0.00578. The highest BCUT2D eigenvalue weighted by atomic mass is 28.1. The predicted octanol–water partition coefficient (Wildman–Crippen LogP) is 0.780. The van der Waals surface area contributed by atoms with E-state index in [2.05, 4.69) is 37.9 Å². The normalized spacial score (nSPS) is 22.4. The first-order valence-corrected chi connectivity index (χ1v) is 5.99. The molecule has 3 radical (unpaired) electrons. The Balaban J connectivity index is 2.27. The summed E-state index contributed by atoms with van der Waals surface area (Å²) in [4.78, 5) is 0. The molecule has 1 fully saturated rings. The monoisotopic (exact) mass is 231 g/mol. The molecule has 2 rings (SSSR count). The van der Waals surface area contributed by atoms with Crippen LogP contribution in [0.4, 0.5) is 0 Å². The zero-order valence-corrected chi connectivity index (χ0v) is 11.2. The molecular weight excluding hydrogens is 215 g/mol. The van der Waals surface area contributed by atoms with E-state index in [1.165, 1.54) is 0 Å². The Morgan fingerprint density at radius 3 is 2.12 bits per heavy atom. The fraction of sp³-hybridized carbons (Fsp3) is 0.500. The van der Waals surface area contributed by atoms with Crippen LogP contribution in [0, 0.1) is 0 Å². The molecule has 0 aromatic heterocycles. The Hall–Kier alpha value is -0.578. The number of hydrogen-bond donors (Lipinski definition) is 0. The molecule has 0 aliphatic carbocycles. The molecular formula is C12H16BO2Si. The van der Waals surface area contributed by atoms with Crippen LogP contribution in [0.25, 0.3) is 0 Å². The molecule has 0 N–H and O–H groups in total. The lowest BCUT2D eigenvalue weighted by atomic mass is 9.79. The van der Waals surface area contributed by atoms with Gasteiger partial charge in [0.05, 0.1) is 21.4 Å². The van der Waals surface area contributed by atoms with E-state index in [0.717, 1.165) is 10.6 Å². The van der Waals surface area contributed by atoms with Crippen molar-refractivity contribution in [3.05, 3.63) is 24.3 Å². The van der Waals surface area contributed by atoms with Crippen molar-refractivity contribution < 1.29 is 9.31 Å². The van der Waals surface area contributed by atoms with Gasteiger partial charge >= 0.3 is 7.12 Å². The quantitative estimate of drug-likeness (QED) is 0.665. The van der Waals surface area contributed by atoms with E-state index >= 15 is 0 Å². The lowest BCUT2D eigenvalue weighted by Crippen LogP contribution is -2.41. The Morgan fingerprint density at radius 2 is 1.62 bits per heavy atom. The zero-order valence-electron chi connectivity index (χ0n) is 10.2. The third-order valence-corrected chi connectivity index (χ3v) is 3.72. The van der Waals surface area contributed by atoms with Gasteiger partial charge in [0.15, 0.2) is 0 Å². The maximum atomic E-state index is 5.96. The smallest absolute Gasteiger partial charge is 0.399 e. The summed E-state index contributed by atoms with van der Waals surface area (Å²) in [5, 5.41) is 1.03. The summed E-state index contributed by atoms with van der Waals surface area (Å²) >= 11 is 0. The molecule has 0 bridgehead atoms. The van der Waals surface area contributed by atoms with Crippen molar-refractivity contribution in [1.82, 2.24) is 0 Å². The van der Waals surface area contributed by atoms with E-state index in [0.29, 0.717) is 0 Å². The molecule has 1 aliphatic rings. The van der Waals surface area contributed by atoms with Crippen molar-refractivity contribution in [3.8, 4) is 0 Å². The Morgan fingerprint density at radius 1 is 1.06 bits per heavy atom. The van der Waals surface area contributed by atoms with E-state index in [1.54, 1.807) is 0 Å². The fourth-order valence-corrected chi connectivity index (χ4v) is 1.93. The Kier molecular flexibility index (Phi) is 2.77. The summed E-state index contributed by atoms with van der Waals surface area (Å²) in [5.74, 6) is 0. The van der Waals surface area contributed by atoms with Crippen LogP contribution in [0.15, 0.2) is 24.3 Å². The fourth-order valence-electron chi connectivity index (χ4n) is 1.66.